The topological polar surface area (TPSA) is 85.8 Å². The van der Waals surface area contributed by atoms with Crippen LogP contribution in [-0.2, 0) is 0 Å². The lowest BCUT2D eigenvalue weighted by atomic mass is 10.2. The minimum Gasteiger partial charge on any atom is -0.386 e. The number of carbonyl (C=O) groups is 1. The van der Waals surface area contributed by atoms with Crippen LogP contribution in [0, 0.1) is 0 Å². The Morgan fingerprint density at radius 1 is 1.10 bits per heavy atom. The van der Waals surface area contributed by atoms with Gasteiger partial charge in [0, 0.05) is 46.8 Å². The SMILES string of the molecule is CN=C(NCCNC(=O)c1ccc(Cl)cc1)NCC(O)c1cc2ccccc2s1.I. The fourth-order valence-corrected chi connectivity index (χ4v) is 3.92. The van der Waals surface area contributed by atoms with Gasteiger partial charge in [-0.05, 0) is 41.8 Å². The second-order valence-corrected chi connectivity index (χ2v) is 7.90. The number of aliphatic hydroxyl groups is 1. The highest BCUT2D eigenvalue weighted by molar-refractivity contribution is 14.0. The average molecular weight is 559 g/mol. The van der Waals surface area contributed by atoms with Crippen molar-refractivity contribution in [1.82, 2.24) is 16.0 Å². The summed E-state index contributed by atoms with van der Waals surface area (Å²) in [4.78, 5) is 17.1. The van der Waals surface area contributed by atoms with Crippen molar-refractivity contribution in [1.29, 1.82) is 0 Å². The molecule has 1 atom stereocenters. The highest BCUT2D eigenvalue weighted by atomic mass is 127. The fourth-order valence-electron chi connectivity index (χ4n) is 2.74. The lowest BCUT2D eigenvalue weighted by Gasteiger charge is -2.15. The van der Waals surface area contributed by atoms with Crippen molar-refractivity contribution < 1.29 is 9.90 Å². The molecule has 0 aliphatic rings. The third kappa shape index (κ3) is 6.83. The molecule has 0 fully saturated rings. The number of hydrogen-bond acceptors (Lipinski definition) is 4. The van der Waals surface area contributed by atoms with Crippen molar-refractivity contribution >= 4 is 68.9 Å². The summed E-state index contributed by atoms with van der Waals surface area (Å²) in [7, 11) is 1.66. The van der Waals surface area contributed by atoms with Crippen LogP contribution in [0.1, 0.15) is 21.3 Å². The van der Waals surface area contributed by atoms with E-state index in [2.05, 4.69) is 20.9 Å². The molecule has 4 N–H and O–H groups in total. The van der Waals surface area contributed by atoms with Crippen LogP contribution in [-0.4, -0.2) is 43.7 Å². The Balaban J connectivity index is 0.00000320. The number of thiophene rings is 1. The third-order valence-electron chi connectivity index (χ3n) is 4.27. The van der Waals surface area contributed by atoms with Crippen LogP contribution in [0.15, 0.2) is 59.6 Å². The average Bonchev–Trinajstić information content (AvgIpc) is 3.18. The number of nitrogens with zero attached hydrogens (tertiary/aromatic N) is 1. The predicted molar refractivity (Wildman–Crippen MR) is 135 cm³/mol. The molecule has 0 spiro atoms. The van der Waals surface area contributed by atoms with E-state index in [-0.39, 0.29) is 29.9 Å². The first-order chi connectivity index (χ1) is 14.1. The Morgan fingerprint density at radius 2 is 1.80 bits per heavy atom. The highest BCUT2D eigenvalue weighted by Gasteiger charge is 2.12. The summed E-state index contributed by atoms with van der Waals surface area (Å²) in [5, 5.41) is 21.2. The number of carbonyl (C=O) groups excluding carboxylic acids is 1. The summed E-state index contributed by atoms with van der Waals surface area (Å²) >= 11 is 7.41. The Bertz CT molecular complexity index is 961. The van der Waals surface area contributed by atoms with Gasteiger partial charge in [0.15, 0.2) is 5.96 Å². The van der Waals surface area contributed by atoms with E-state index in [4.69, 9.17) is 11.6 Å². The summed E-state index contributed by atoms with van der Waals surface area (Å²) in [5.74, 6) is 0.400. The maximum absolute atomic E-state index is 12.1. The van der Waals surface area contributed by atoms with E-state index in [1.165, 1.54) is 0 Å². The zero-order valence-electron chi connectivity index (χ0n) is 16.4. The Kier molecular flexibility index (Phi) is 9.83. The van der Waals surface area contributed by atoms with Crippen molar-refractivity contribution in [3.8, 4) is 0 Å². The number of fused-ring (bicyclic) bond motifs is 1. The van der Waals surface area contributed by atoms with Crippen LogP contribution in [0.4, 0.5) is 0 Å². The molecule has 0 aliphatic carbocycles. The van der Waals surface area contributed by atoms with E-state index in [9.17, 15) is 9.90 Å². The Morgan fingerprint density at radius 3 is 2.50 bits per heavy atom. The van der Waals surface area contributed by atoms with Crippen molar-refractivity contribution in [2.75, 3.05) is 26.7 Å². The molecule has 0 radical (unpaired) electrons. The molecule has 30 heavy (non-hydrogen) atoms. The molecule has 2 aromatic carbocycles. The van der Waals surface area contributed by atoms with Crippen molar-refractivity contribution in [2.24, 2.45) is 4.99 Å². The molecule has 0 saturated carbocycles. The number of nitrogens with one attached hydrogen (secondary N) is 3. The number of guanidine groups is 1. The van der Waals surface area contributed by atoms with Crippen LogP contribution >= 0.6 is 46.9 Å². The monoisotopic (exact) mass is 558 g/mol. The van der Waals surface area contributed by atoms with Crippen LogP contribution in [0.2, 0.25) is 5.02 Å². The molecule has 9 heteroatoms. The maximum atomic E-state index is 12.1. The van der Waals surface area contributed by atoms with Gasteiger partial charge in [-0.25, -0.2) is 0 Å². The van der Waals surface area contributed by atoms with Gasteiger partial charge in [-0.15, -0.1) is 35.3 Å². The van der Waals surface area contributed by atoms with E-state index < -0.39 is 6.10 Å². The number of aliphatic imine (C=N–C) groups is 1. The van der Waals surface area contributed by atoms with Gasteiger partial charge in [0.2, 0.25) is 0 Å². The molecule has 0 saturated heterocycles. The molecule has 3 aromatic rings. The second-order valence-electron chi connectivity index (χ2n) is 6.35. The van der Waals surface area contributed by atoms with Crippen molar-refractivity contribution in [3.05, 3.63) is 70.1 Å². The molecule has 1 heterocycles. The first kappa shape index (κ1) is 24.4. The van der Waals surface area contributed by atoms with Gasteiger partial charge in [0.25, 0.3) is 5.91 Å². The molecule has 1 aromatic heterocycles. The normalized spacial score (nSPS) is 12.2. The van der Waals surface area contributed by atoms with Gasteiger partial charge in [0.05, 0.1) is 0 Å². The molecule has 3 rings (SSSR count). The third-order valence-corrected chi connectivity index (χ3v) is 5.74. The molecule has 1 amide bonds. The second kappa shape index (κ2) is 12.1. The molecule has 1 unspecified atom stereocenters. The maximum Gasteiger partial charge on any atom is 0.251 e. The van der Waals surface area contributed by atoms with Crippen LogP contribution in [0.3, 0.4) is 0 Å². The van der Waals surface area contributed by atoms with Gasteiger partial charge >= 0.3 is 0 Å². The number of amides is 1. The minimum absolute atomic E-state index is 0. The number of aliphatic hydroxyl groups excluding tert-OH is 1. The van der Waals surface area contributed by atoms with Gasteiger partial charge in [0.1, 0.15) is 6.10 Å². The summed E-state index contributed by atoms with van der Waals surface area (Å²) < 4.78 is 1.15. The number of benzene rings is 2. The molecular weight excluding hydrogens is 535 g/mol. The van der Waals surface area contributed by atoms with E-state index in [0.29, 0.717) is 36.2 Å². The van der Waals surface area contributed by atoms with Crippen LogP contribution < -0.4 is 16.0 Å². The molecular formula is C21H24ClIN4O2S. The van der Waals surface area contributed by atoms with Gasteiger partial charge in [-0.3, -0.25) is 9.79 Å². The summed E-state index contributed by atoms with van der Waals surface area (Å²) in [6.07, 6.45) is -0.629. The lowest BCUT2D eigenvalue weighted by molar-refractivity contribution is 0.0954. The van der Waals surface area contributed by atoms with Gasteiger partial charge in [-0.1, -0.05) is 29.8 Å². The highest BCUT2D eigenvalue weighted by Crippen LogP contribution is 2.29. The zero-order valence-corrected chi connectivity index (χ0v) is 20.3. The van der Waals surface area contributed by atoms with E-state index in [0.717, 1.165) is 15.0 Å². The summed E-state index contributed by atoms with van der Waals surface area (Å²) in [6, 6.07) is 16.8. The van der Waals surface area contributed by atoms with E-state index in [1.807, 2.05) is 30.3 Å². The summed E-state index contributed by atoms with van der Waals surface area (Å²) in [6.45, 7) is 1.27. The van der Waals surface area contributed by atoms with E-state index in [1.54, 1.807) is 42.6 Å². The number of hydrogen-bond donors (Lipinski definition) is 4. The quantitative estimate of drug-likeness (QED) is 0.154. The standard InChI is InChI=1S/C21H23ClN4O2S.HI/c1-23-21(25-11-10-24-20(28)14-6-8-16(22)9-7-14)26-13-17(27)19-12-15-4-2-3-5-18(15)29-19;/h2-9,12,17,27H,10-11,13H2,1H3,(H,24,28)(H2,23,25,26);1H. The molecule has 0 aliphatic heterocycles. The van der Waals surface area contributed by atoms with Gasteiger partial charge < -0.3 is 21.1 Å². The fraction of sp³-hybridized carbons (Fsp3) is 0.238. The first-order valence-corrected chi connectivity index (χ1v) is 10.4. The Labute approximate surface area is 201 Å². The number of rotatable bonds is 7. The summed E-state index contributed by atoms with van der Waals surface area (Å²) in [5.41, 5.74) is 0.559. The smallest absolute Gasteiger partial charge is 0.251 e. The molecule has 6 nitrogen and oxygen atoms in total. The Hall–Kier alpha value is -1.88. The number of halogens is 2. The van der Waals surface area contributed by atoms with Crippen molar-refractivity contribution in [2.45, 2.75) is 6.10 Å². The largest absolute Gasteiger partial charge is 0.386 e. The van der Waals surface area contributed by atoms with Crippen LogP contribution in [0.25, 0.3) is 10.1 Å². The molecule has 0 bridgehead atoms. The minimum atomic E-state index is -0.629. The molecule has 160 valence electrons. The van der Waals surface area contributed by atoms with Crippen molar-refractivity contribution in [3.63, 3.8) is 0 Å². The van der Waals surface area contributed by atoms with Crippen LogP contribution in [0.5, 0.6) is 0 Å². The van der Waals surface area contributed by atoms with E-state index >= 15 is 0 Å². The zero-order chi connectivity index (χ0) is 20.6. The van der Waals surface area contributed by atoms with Gasteiger partial charge in [-0.2, -0.15) is 0 Å². The lowest BCUT2D eigenvalue weighted by Crippen LogP contribution is -2.42. The predicted octanol–water partition coefficient (Wildman–Crippen LogP) is 3.80. The first-order valence-electron chi connectivity index (χ1n) is 9.21.